The van der Waals surface area contributed by atoms with Crippen LogP contribution in [0.3, 0.4) is 0 Å². The van der Waals surface area contributed by atoms with Crippen LogP contribution in [0.4, 0.5) is 14.9 Å². The number of amides is 1. The van der Waals surface area contributed by atoms with Crippen LogP contribution in [0.25, 0.3) is 11.1 Å². The molecule has 0 unspecified atom stereocenters. The first kappa shape index (κ1) is 19.0. The quantitative estimate of drug-likeness (QED) is 0.591. The van der Waals surface area contributed by atoms with Gasteiger partial charge in [-0.2, -0.15) is 0 Å². The fourth-order valence-electron chi connectivity index (χ4n) is 3.55. The van der Waals surface area contributed by atoms with Gasteiger partial charge in [0.05, 0.1) is 16.3 Å². The minimum Gasteiger partial charge on any atom is -0.478 e. The predicted molar refractivity (Wildman–Crippen MR) is 107 cm³/mol. The highest BCUT2D eigenvalue weighted by Gasteiger charge is 2.29. The topological polar surface area (TPSA) is 75.6 Å². The summed E-state index contributed by atoms with van der Waals surface area (Å²) in [5.74, 6) is -2.57. The molecular weight excluding hydrogens is 397 g/mol. The summed E-state index contributed by atoms with van der Waals surface area (Å²) in [5, 5.41) is 11.2. The van der Waals surface area contributed by atoms with Crippen molar-refractivity contribution in [3.8, 4) is 11.1 Å². The van der Waals surface area contributed by atoms with Crippen molar-refractivity contribution in [1.29, 1.82) is 0 Å². The molecule has 0 bridgehead atoms. The number of nitrogens with one attached hydrogen (secondary N) is 1. The normalized spacial score (nSPS) is 12.2. The predicted octanol–water partition coefficient (Wildman–Crippen LogP) is 5.54. The molecule has 0 spiro atoms. The summed E-state index contributed by atoms with van der Waals surface area (Å²) in [7, 11) is 0. The van der Waals surface area contributed by atoms with Crippen LogP contribution in [0, 0.1) is 5.82 Å². The first-order valence-corrected chi connectivity index (χ1v) is 9.18. The molecule has 3 aromatic rings. The van der Waals surface area contributed by atoms with E-state index < -0.39 is 23.4 Å². The number of carbonyl (C=O) groups is 2. The summed E-state index contributed by atoms with van der Waals surface area (Å²) in [6.07, 6.45) is -0.809. The van der Waals surface area contributed by atoms with Crippen LogP contribution in [-0.4, -0.2) is 23.8 Å². The second kappa shape index (κ2) is 7.56. The van der Waals surface area contributed by atoms with Crippen LogP contribution >= 0.6 is 11.6 Å². The number of hydrogen-bond donors (Lipinski definition) is 2. The number of anilines is 1. The standard InChI is InChI=1S/C22H15ClFNO4/c23-18-9-16(21(26)27)19(24)10-20(18)25-22(28)29-11-17-14-7-3-1-5-12(14)13-6-2-4-8-15(13)17/h1-10,17H,11H2,(H,25,28)(H,26,27). The summed E-state index contributed by atoms with van der Waals surface area (Å²) >= 11 is 5.95. The minimum atomic E-state index is -1.45. The monoisotopic (exact) mass is 411 g/mol. The summed E-state index contributed by atoms with van der Waals surface area (Å²) in [6, 6.07) is 17.6. The number of benzene rings is 3. The van der Waals surface area contributed by atoms with Crippen LogP contribution < -0.4 is 5.32 Å². The first-order valence-electron chi connectivity index (χ1n) is 8.80. The largest absolute Gasteiger partial charge is 0.478 e. The molecule has 29 heavy (non-hydrogen) atoms. The van der Waals surface area contributed by atoms with Crippen molar-refractivity contribution in [2.75, 3.05) is 11.9 Å². The lowest BCUT2D eigenvalue weighted by atomic mass is 9.98. The van der Waals surface area contributed by atoms with Crippen LogP contribution in [-0.2, 0) is 4.74 Å². The number of carboxylic acid groups (broad SMARTS) is 1. The zero-order valence-corrected chi connectivity index (χ0v) is 15.7. The molecule has 0 saturated carbocycles. The molecule has 0 radical (unpaired) electrons. The fraction of sp³-hybridized carbons (Fsp3) is 0.0909. The second-order valence-corrected chi connectivity index (χ2v) is 6.97. The Morgan fingerprint density at radius 2 is 1.62 bits per heavy atom. The number of carboxylic acids is 1. The minimum absolute atomic E-state index is 0.0635. The molecule has 4 rings (SSSR count). The molecule has 0 heterocycles. The molecular formula is C22H15ClFNO4. The van der Waals surface area contributed by atoms with Gasteiger partial charge in [0.15, 0.2) is 0 Å². The number of ether oxygens (including phenoxy) is 1. The molecule has 0 fully saturated rings. The van der Waals surface area contributed by atoms with Crippen molar-refractivity contribution in [3.05, 3.63) is 88.2 Å². The van der Waals surface area contributed by atoms with Gasteiger partial charge in [0, 0.05) is 5.92 Å². The van der Waals surface area contributed by atoms with Gasteiger partial charge in [-0.3, -0.25) is 5.32 Å². The van der Waals surface area contributed by atoms with E-state index in [1.807, 2.05) is 48.5 Å². The molecule has 2 N–H and O–H groups in total. The summed E-state index contributed by atoms with van der Waals surface area (Å²) in [5.41, 5.74) is 3.70. The van der Waals surface area contributed by atoms with E-state index in [9.17, 15) is 14.0 Å². The van der Waals surface area contributed by atoms with Crippen LogP contribution in [0.1, 0.15) is 27.4 Å². The zero-order valence-electron chi connectivity index (χ0n) is 15.0. The Morgan fingerprint density at radius 3 is 2.21 bits per heavy atom. The van der Waals surface area contributed by atoms with Gasteiger partial charge in [-0.15, -0.1) is 0 Å². The highest BCUT2D eigenvalue weighted by Crippen LogP contribution is 2.44. The Bertz CT molecular complexity index is 1090. The fourth-order valence-corrected chi connectivity index (χ4v) is 3.76. The van der Waals surface area contributed by atoms with Gasteiger partial charge < -0.3 is 9.84 Å². The van der Waals surface area contributed by atoms with E-state index in [1.54, 1.807) is 0 Å². The van der Waals surface area contributed by atoms with Gasteiger partial charge in [0.25, 0.3) is 0 Å². The maximum atomic E-state index is 13.9. The number of fused-ring (bicyclic) bond motifs is 3. The molecule has 5 nitrogen and oxygen atoms in total. The SMILES string of the molecule is O=C(Nc1cc(F)c(C(=O)O)cc1Cl)OCC1c2ccccc2-c2ccccc21. The van der Waals surface area contributed by atoms with Gasteiger partial charge in [0.2, 0.25) is 0 Å². The highest BCUT2D eigenvalue weighted by atomic mass is 35.5. The van der Waals surface area contributed by atoms with Gasteiger partial charge >= 0.3 is 12.1 Å². The van der Waals surface area contributed by atoms with Crippen molar-refractivity contribution in [3.63, 3.8) is 0 Å². The van der Waals surface area contributed by atoms with Crippen LogP contribution in [0.2, 0.25) is 5.02 Å². The van der Waals surface area contributed by atoms with E-state index in [0.29, 0.717) is 0 Å². The van der Waals surface area contributed by atoms with Crippen molar-refractivity contribution >= 4 is 29.4 Å². The lowest BCUT2D eigenvalue weighted by molar-refractivity contribution is 0.0692. The maximum Gasteiger partial charge on any atom is 0.411 e. The third-order valence-corrected chi connectivity index (χ3v) is 5.18. The molecule has 7 heteroatoms. The van der Waals surface area contributed by atoms with Gasteiger partial charge in [-0.25, -0.2) is 14.0 Å². The Morgan fingerprint density at radius 1 is 1.03 bits per heavy atom. The molecule has 1 aliphatic carbocycles. The zero-order chi connectivity index (χ0) is 20.5. The van der Waals surface area contributed by atoms with Crippen molar-refractivity contribution < 1.29 is 23.8 Å². The first-order chi connectivity index (χ1) is 14.0. The van der Waals surface area contributed by atoms with Gasteiger partial charge in [-0.1, -0.05) is 60.1 Å². The molecule has 0 aromatic heterocycles. The second-order valence-electron chi connectivity index (χ2n) is 6.57. The van der Waals surface area contributed by atoms with Crippen LogP contribution in [0.5, 0.6) is 0 Å². The summed E-state index contributed by atoms with van der Waals surface area (Å²) in [4.78, 5) is 23.2. The number of aromatic carboxylic acids is 1. The number of hydrogen-bond acceptors (Lipinski definition) is 3. The van der Waals surface area contributed by atoms with Crippen molar-refractivity contribution in [1.82, 2.24) is 0 Å². The molecule has 146 valence electrons. The van der Waals surface area contributed by atoms with E-state index in [2.05, 4.69) is 5.32 Å². The van der Waals surface area contributed by atoms with Crippen molar-refractivity contribution in [2.45, 2.75) is 5.92 Å². The Hall–Kier alpha value is -3.38. The average Bonchev–Trinajstić information content (AvgIpc) is 3.02. The van der Waals surface area contributed by atoms with E-state index >= 15 is 0 Å². The van der Waals surface area contributed by atoms with E-state index in [4.69, 9.17) is 21.4 Å². The molecule has 1 aliphatic rings. The van der Waals surface area contributed by atoms with Crippen molar-refractivity contribution in [2.24, 2.45) is 0 Å². The average molecular weight is 412 g/mol. The molecule has 3 aromatic carbocycles. The Balaban J connectivity index is 1.50. The van der Waals surface area contributed by atoms with Crippen LogP contribution in [0.15, 0.2) is 60.7 Å². The lowest BCUT2D eigenvalue weighted by Crippen LogP contribution is -2.18. The lowest BCUT2D eigenvalue weighted by Gasteiger charge is -2.15. The van der Waals surface area contributed by atoms with Gasteiger partial charge in [-0.05, 0) is 34.4 Å². The molecule has 0 atom stereocenters. The Labute approximate surface area is 170 Å². The number of rotatable bonds is 4. The van der Waals surface area contributed by atoms with Gasteiger partial charge in [0.1, 0.15) is 12.4 Å². The number of halogens is 2. The third kappa shape index (κ3) is 3.54. The Kier molecular flexibility index (Phi) is 4.94. The molecule has 1 amide bonds. The molecule has 0 aliphatic heterocycles. The number of carbonyl (C=O) groups excluding carboxylic acids is 1. The molecule has 0 saturated heterocycles. The third-order valence-electron chi connectivity index (χ3n) is 4.87. The summed E-state index contributed by atoms with van der Waals surface area (Å²) in [6.45, 7) is 0.0904. The smallest absolute Gasteiger partial charge is 0.411 e. The van der Waals surface area contributed by atoms with E-state index in [-0.39, 0.29) is 23.2 Å². The van der Waals surface area contributed by atoms with E-state index in [1.165, 1.54) is 0 Å². The summed E-state index contributed by atoms with van der Waals surface area (Å²) < 4.78 is 19.2. The maximum absolute atomic E-state index is 13.9. The highest BCUT2D eigenvalue weighted by molar-refractivity contribution is 6.34. The van der Waals surface area contributed by atoms with E-state index in [0.717, 1.165) is 34.4 Å².